The summed E-state index contributed by atoms with van der Waals surface area (Å²) in [5, 5.41) is 5.83. The largest absolute Gasteiger partial charge is 0.493 e. The number of esters is 1. The van der Waals surface area contributed by atoms with Crippen LogP contribution in [0.25, 0.3) is 6.08 Å². The molecule has 0 saturated carbocycles. The Morgan fingerprint density at radius 3 is 2.76 bits per heavy atom. The first-order valence-electron chi connectivity index (χ1n) is 8.84. The van der Waals surface area contributed by atoms with Crippen molar-refractivity contribution in [2.24, 2.45) is 4.99 Å². The first-order valence-corrected chi connectivity index (χ1v) is 9.72. The molecule has 0 N–H and O–H groups in total. The summed E-state index contributed by atoms with van der Waals surface area (Å²) < 4.78 is 21.7. The van der Waals surface area contributed by atoms with E-state index in [0.29, 0.717) is 24.0 Å². The summed E-state index contributed by atoms with van der Waals surface area (Å²) in [4.78, 5) is 17.2. The lowest BCUT2D eigenvalue weighted by molar-refractivity contribution is -0.129. The van der Waals surface area contributed by atoms with E-state index in [2.05, 4.69) is 10.1 Å². The quantitative estimate of drug-likeness (QED) is 0.445. The van der Waals surface area contributed by atoms with Gasteiger partial charge in [-0.1, -0.05) is 17.3 Å². The molecular weight excluding hydrogens is 392 g/mol. The van der Waals surface area contributed by atoms with E-state index in [9.17, 15) is 4.79 Å². The lowest BCUT2D eigenvalue weighted by atomic mass is 10.1. The van der Waals surface area contributed by atoms with E-state index in [1.807, 2.05) is 37.4 Å². The Morgan fingerprint density at radius 1 is 1.21 bits per heavy atom. The number of rotatable bonds is 6. The molecule has 7 nitrogen and oxygen atoms in total. The van der Waals surface area contributed by atoms with E-state index in [-0.39, 0.29) is 5.70 Å². The summed E-state index contributed by atoms with van der Waals surface area (Å²) in [7, 11) is 1.56. The maximum Gasteiger partial charge on any atom is 0.363 e. The van der Waals surface area contributed by atoms with Crippen molar-refractivity contribution in [2.45, 2.75) is 20.5 Å². The molecule has 0 amide bonds. The molecule has 0 radical (unpaired) electrons. The van der Waals surface area contributed by atoms with Gasteiger partial charge in [-0.25, -0.2) is 9.79 Å². The number of methoxy groups -OCH3 is 1. The first kappa shape index (κ1) is 18.9. The molecule has 4 rings (SSSR count). The monoisotopic (exact) mass is 410 g/mol. The molecule has 8 heteroatoms. The van der Waals surface area contributed by atoms with Gasteiger partial charge in [-0.05, 0) is 49.1 Å². The number of cyclic esters (lactones) is 1. The lowest BCUT2D eigenvalue weighted by Crippen LogP contribution is -2.03. The van der Waals surface area contributed by atoms with Crippen molar-refractivity contribution in [1.29, 1.82) is 0 Å². The Labute approximate surface area is 171 Å². The number of nitrogens with zero attached hydrogens (tertiary/aromatic N) is 2. The molecule has 0 bridgehead atoms. The predicted octanol–water partition coefficient (Wildman–Crippen LogP) is 4.29. The van der Waals surface area contributed by atoms with Crippen LogP contribution in [0, 0.1) is 13.8 Å². The molecule has 29 heavy (non-hydrogen) atoms. The second kappa shape index (κ2) is 7.92. The summed E-state index contributed by atoms with van der Waals surface area (Å²) in [6, 6.07) is 9.12. The number of thiophene rings is 1. The van der Waals surface area contributed by atoms with E-state index >= 15 is 0 Å². The minimum Gasteiger partial charge on any atom is -0.493 e. The lowest BCUT2D eigenvalue weighted by Gasteiger charge is -2.11. The fourth-order valence-corrected chi connectivity index (χ4v) is 3.47. The van der Waals surface area contributed by atoms with Crippen molar-refractivity contribution in [2.75, 3.05) is 7.11 Å². The summed E-state index contributed by atoms with van der Waals surface area (Å²) in [5.74, 6) is 1.68. The third-order valence-corrected chi connectivity index (χ3v) is 5.25. The van der Waals surface area contributed by atoms with Crippen molar-refractivity contribution in [3.63, 3.8) is 0 Å². The van der Waals surface area contributed by atoms with E-state index in [1.165, 1.54) is 11.3 Å². The molecule has 0 fully saturated rings. The van der Waals surface area contributed by atoms with E-state index < -0.39 is 5.97 Å². The number of aromatic nitrogens is 1. The van der Waals surface area contributed by atoms with Crippen LogP contribution >= 0.6 is 11.3 Å². The van der Waals surface area contributed by atoms with Crippen molar-refractivity contribution in [3.05, 3.63) is 68.9 Å². The highest BCUT2D eigenvalue weighted by atomic mass is 32.1. The zero-order valence-electron chi connectivity index (χ0n) is 16.1. The van der Waals surface area contributed by atoms with E-state index in [0.717, 1.165) is 27.5 Å². The molecule has 148 valence electrons. The smallest absolute Gasteiger partial charge is 0.363 e. The average molecular weight is 410 g/mol. The number of aryl methyl sites for hydroxylation is 2. The fraction of sp³-hybridized carbons (Fsp3) is 0.190. The summed E-state index contributed by atoms with van der Waals surface area (Å²) in [6.45, 7) is 4.03. The van der Waals surface area contributed by atoms with Crippen molar-refractivity contribution < 1.29 is 23.5 Å². The van der Waals surface area contributed by atoms with E-state index in [4.69, 9.17) is 18.7 Å². The Bertz CT molecular complexity index is 1090. The number of carbonyl (C=O) groups is 1. The standard InChI is InChI=1S/C21H18N2O5S/c1-12-15(13(2)28-23-12)11-26-17-7-6-14(10-18(17)25-3)9-16-21(24)27-20(22-16)19-5-4-8-29-19/h4-10H,11H2,1-3H3/b16-9-. The van der Waals surface area contributed by atoms with E-state index in [1.54, 1.807) is 25.3 Å². The molecule has 1 aliphatic heterocycles. The topological polar surface area (TPSA) is 83.2 Å². The minimum atomic E-state index is -0.480. The Morgan fingerprint density at radius 2 is 2.07 bits per heavy atom. The van der Waals surface area contributed by atoms with Crippen LogP contribution in [0.4, 0.5) is 0 Å². The Hall–Kier alpha value is -3.39. The second-order valence-corrected chi connectivity index (χ2v) is 7.26. The highest BCUT2D eigenvalue weighted by Crippen LogP contribution is 2.31. The van der Waals surface area contributed by atoms with Gasteiger partial charge < -0.3 is 18.7 Å². The molecule has 2 aromatic heterocycles. The normalized spacial score (nSPS) is 14.8. The molecule has 3 heterocycles. The van der Waals surface area contributed by atoms with Crippen LogP contribution in [0.1, 0.15) is 27.5 Å². The van der Waals surface area contributed by atoms with Crippen LogP contribution in [-0.2, 0) is 16.1 Å². The van der Waals surface area contributed by atoms with Crippen LogP contribution in [0.3, 0.4) is 0 Å². The number of aliphatic imine (C=N–C) groups is 1. The van der Waals surface area contributed by atoms with Crippen LogP contribution in [0.5, 0.6) is 11.5 Å². The molecule has 0 saturated heterocycles. The van der Waals surface area contributed by atoms with Crippen molar-refractivity contribution in [3.8, 4) is 11.5 Å². The zero-order chi connectivity index (χ0) is 20.4. The van der Waals surface area contributed by atoms with Gasteiger partial charge in [0.25, 0.3) is 0 Å². The van der Waals surface area contributed by atoms with Gasteiger partial charge in [0.1, 0.15) is 12.4 Å². The predicted molar refractivity (Wildman–Crippen MR) is 108 cm³/mol. The molecular formula is C21H18N2O5S. The van der Waals surface area contributed by atoms with Gasteiger partial charge in [0.2, 0.25) is 5.90 Å². The van der Waals surface area contributed by atoms with Gasteiger partial charge in [0.05, 0.1) is 23.2 Å². The van der Waals surface area contributed by atoms with Gasteiger partial charge in [0, 0.05) is 0 Å². The summed E-state index contributed by atoms with van der Waals surface area (Å²) in [5.41, 5.74) is 2.68. The molecule has 3 aromatic rings. The average Bonchev–Trinajstić information content (AvgIpc) is 3.44. The molecule has 0 spiro atoms. The Kier molecular flexibility index (Phi) is 5.18. The maximum absolute atomic E-state index is 12.1. The number of benzene rings is 1. The number of ether oxygens (including phenoxy) is 3. The maximum atomic E-state index is 12.1. The van der Waals surface area contributed by atoms with Gasteiger partial charge in [-0.15, -0.1) is 11.3 Å². The fourth-order valence-electron chi connectivity index (χ4n) is 2.82. The van der Waals surface area contributed by atoms with Crippen LogP contribution in [-0.4, -0.2) is 24.1 Å². The Balaban J connectivity index is 1.55. The van der Waals surface area contributed by atoms with Crippen LogP contribution in [0.2, 0.25) is 0 Å². The second-order valence-electron chi connectivity index (χ2n) is 6.32. The molecule has 1 aromatic carbocycles. The van der Waals surface area contributed by atoms with Crippen LogP contribution < -0.4 is 9.47 Å². The first-order chi connectivity index (χ1) is 14.0. The zero-order valence-corrected chi connectivity index (χ0v) is 16.9. The highest BCUT2D eigenvalue weighted by Gasteiger charge is 2.24. The molecule has 0 atom stereocenters. The highest BCUT2D eigenvalue weighted by molar-refractivity contribution is 7.12. The third-order valence-electron chi connectivity index (χ3n) is 4.40. The minimum absolute atomic E-state index is 0.236. The molecule has 0 unspecified atom stereocenters. The SMILES string of the molecule is COc1cc(/C=C2\N=C(c3cccs3)OC2=O)ccc1OCc1c(C)noc1C. The van der Waals surface area contributed by atoms with Gasteiger partial charge in [0.15, 0.2) is 17.2 Å². The van der Waals surface area contributed by atoms with Crippen LogP contribution in [0.15, 0.2) is 50.9 Å². The number of hydrogen-bond acceptors (Lipinski definition) is 8. The molecule has 1 aliphatic rings. The number of hydrogen-bond donors (Lipinski definition) is 0. The van der Waals surface area contributed by atoms with Crippen molar-refractivity contribution >= 4 is 29.3 Å². The van der Waals surface area contributed by atoms with Crippen molar-refractivity contribution in [1.82, 2.24) is 5.16 Å². The van der Waals surface area contributed by atoms with Gasteiger partial charge >= 0.3 is 5.97 Å². The summed E-state index contributed by atoms with van der Waals surface area (Å²) in [6.07, 6.45) is 1.66. The third kappa shape index (κ3) is 3.93. The number of carbonyl (C=O) groups excluding carboxylic acids is 1. The summed E-state index contributed by atoms with van der Waals surface area (Å²) >= 11 is 1.46. The van der Waals surface area contributed by atoms with Gasteiger partial charge in [-0.3, -0.25) is 0 Å². The van der Waals surface area contributed by atoms with Gasteiger partial charge in [-0.2, -0.15) is 0 Å². The molecule has 0 aliphatic carbocycles.